The van der Waals surface area contributed by atoms with Crippen molar-refractivity contribution in [2.45, 2.75) is 59.2 Å². The highest BCUT2D eigenvalue weighted by Gasteiger charge is 2.30. The maximum absolute atomic E-state index is 12.3. The molecular formula is C31H36N4O3. The zero-order valence-electron chi connectivity index (χ0n) is 22.8. The van der Waals surface area contributed by atoms with Gasteiger partial charge in [-0.15, -0.1) is 5.10 Å². The lowest BCUT2D eigenvalue weighted by Crippen LogP contribution is -2.32. The number of aliphatic carboxylic acids is 1. The lowest BCUT2D eigenvalue weighted by atomic mass is 9.79. The van der Waals surface area contributed by atoms with Crippen LogP contribution in [0.1, 0.15) is 59.6 Å². The third-order valence-corrected chi connectivity index (χ3v) is 8.01. The largest absolute Gasteiger partial charge is 0.489 e. The van der Waals surface area contributed by atoms with Crippen LogP contribution in [0.15, 0.2) is 54.6 Å². The molecule has 7 nitrogen and oxygen atoms in total. The van der Waals surface area contributed by atoms with Gasteiger partial charge >= 0.3 is 5.97 Å². The van der Waals surface area contributed by atoms with Crippen LogP contribution >= 0.6 is 0 Å². The van der Waals surface area contributed by atoms with E-state index in [2.05, 4.69) is 65.5 Å². The number of aryl methyl sites for hydroxylation is 3. The normalized spacial score (nSPS) is 17.4. The molecule has 1 aliphatic rings. The Hall–Kier alpha value is -3.71. The summed E-state index contributed by atoms with van der Waals surface area (Å²) < 4.78 is 8.06. The predicted octanol–water partition coefficient (Wildman–Crippen LogP) is 5.61. The van der Waals surface area contributed by atoms with Crippen molar-refractivity contribution in [2.75, 3.05) is 6.54 Å². The van der Waals surface area contributed by atoms with Crippen LogP contribution in [0.5, 0.6) is 5.75 Å². The van der Waals surface area contributed by atoms with Gasteiger partial charge in [0.1, 0.15) is 17.4 Å². The van der Waals surface area contributed by atoms with E-state index in [4.69, 9.17) is 4.74 Å². The molecule has 0 radical (unpaired) electrons. The van der Waals surface area contributed by atoms with Crippen LogP contribution in [0.3, 0.4) is 0 Å². The molecule has 0 amide bonds. The molecule has 4 aromatic rings. The van der Waals surface area contributed by atoms with Gasteiger partial charge in [-0.1, -0.05) is 61.5 Å². The quantitative estimate of drug-likeness (QED) is 0.347. The zero-order chi connectivity index (χ0) is 27.0. The van der Waals surface area contributed by atoms with Crippen LogP contribution < -0.4 is 4.74 Å². The summed E-state index contributed by atoms with van der Waals surface area (Å²) in [6.07, 6.45) is 1.06. The number of hydrogen-bond donors (Lipinski definition) is 1. The van der Waals surface area contributed by atoms with Gasteiger partial charge in [0.25, 0.3) is 0 Å². The predicted molar refractivity (Wildman–Crippen MR) is 148 cm³/mol. The molecule has 3 atom stereocenters. The summed E-state index contributed by atoms with van der Waals surface area (Å²) in [6, 6.07) is 18.7. The number of carbonyl (C=O) groups is 1. The van der Waals surface area contributed by atoms with Gasteiger partial charge in [-0.2, -0.15) is 0 Å². The number of fused-ring (bicyclic) bond motifs is 2. The van der Waals surface area contributed by atoms with Crippen molar-refractivity contribution < 1.29 is 14.6 Å². The molecule has 2 heterocycles. The van der Waals surface area contributed by atoms with Gasteiger partial charge in [-0.3, -0.25) is 9.69 Å². The van der Waals surface area contributed by atoms with Crippen molar-refractivity contribution >= 4 is 17.0 Å². The maximum Gasteiger partial charge on any atom is 0.307 e. The number of benzene rings is 3. The summed E-state index contributed by atoms with van der Waals surface area (Å²) in [7, 11) is 1.87. The summed E-state index contributed by atoms with van der Waals surface area (Å²) in [5.74, 6) is -0.767. The molecule has 5 rings (SSSR count). The van der Waals surface area contributed by atoms with Crippen molar-refractivity contribution in [3.8, 4) is 5.75 Å². The highest BCUT2D eigenvalue weighted by atomic mass is 16.5. The van der Waals surface area contributed by atoms with E-state index in [1.165, 1.54) is 16.7 Å². The van der Waals surface area contributed by atoms with Crippen molar-refractivity contribution in [2.24, 2.45) is 13.0 Å². The Morgan fingerprint density at radius 1 is 1.16 bits per heavy atom. The molecule has 0 spiro atoms. The molecule has 0 aliphatic carbocycles. The fourth-order valence-electron chi connectivity index (χ4n) is 5.65. The number of para-hydroxylation sites is 1. The summed E-state index contributed by atoms with van der Waals surface area (Å²) in [5.41, 5.74) is 8.31. The molecule has 1 aromatic heterocycles. The van der Waals surface area contributed by atoms with Crippen LogP contribution in [0, 0.1) is 19.8 Å². The summed E-state index contributed by atoms with van der Waals surface area (Å²) >= 11 is 0. The average Bonchev–Trinajstić information content (AvgIpc) is 3.18. The number of hydrogen-bond acceptors (Lipinski definition) is 5. The molecule has 0 fully saturated rings. The maximum atomic E-state index is 12.3. The minimum absolute atomic E-state index is 0.128. The first-order valence-electron chi connectivity index (χ1n) is 13.3. The van der Waals surface area contributed by atoms with E-state index in [-0.39, 0.29) is 12.0 Å². The smallest absolute Gasteiger partial charge is 0.307 e. The minimum Gasteiger partial charge on any atom is -0.489 e. The van der Waals surface area contributed by atoms with Crippen molar-refractivity contribution in [1.29, 1.82) is 0 Å². The molecule has 1 N–H and O–H groups in total. The van der Waals surface area contributed by atoms with Gasteiger partial charge in [-0.05, 0) is 60.2 Å². The lowest BCUT2D eigenvalue weighted by molar-refractivity contribution is -0.141. The second-order valence-corrected chi connectivity index (χ2v) is 10.6. The average molecular weight is 513 g/mol. The molecule has 3 aromatic carbocycles. The molecule has 198 valence electrons. The van der Waals surface area contributed by atoms with Gasteiger partial charge < -0.3 is 9.84 Å². The minimum atomic E-state index is -0.817. The van der Waals surface area contributed by atoms with Crippen LogP contribution in [-0.4, -0.2) is 43.6 Å². The van der Waals surface area contributed by atoms with Crippen LogP contribution in [0.4, 0.5) is 0 Å². The fourth-order valence-corrected chi connectivity index (χ4v) is 5.65. The number of carboxylic acids is 1. The Morgan fingerprint density at radius 2 is 1.95 bits per heavy atom. The second-order valence-electron chi connectivity index (χ2n) is 10.6. The summed E-state index contributed by atoms with van der Waals surface area (Å²) in [6.45, 7) is 10.5. The Bertz CT molecular complexity index is 1480. The Labute approximate surface area is 224 Å². The number of carboxylic acid groups (broad SMARTS) is 1. The Balaban J connectivity index is 1.53. The monoisotopic (exact) mass is 512 g/mol. The number of ether oxygens (including phenoxy) is 1. The Morgan fingerprint density at radius 3 is 2.71 bits per heavy atom. The van der Waals surface area contributed by atoms with Crippen molar-refractivity contribution in [1.82, 2.24) is 19.9 Å². The van der Waals surface area contributed by atoms with Crippen molar-refractivity contribution in [3.63, 3.8) is 0 Å². The molecule has 7 heteroatoms. The third-order valence-electron chi connectivity index (χ3n) is 8.01. The number of aromatic nitrogens is 3. The van der Waals surface area contributed by atoms with Crippen LogP contribution in [-0.2, 0) is 24.9 Å². The highest BCUT2D eigenvalue weighted by Crippen LogP contribution is 2.37. The molecular weight excluding hydrogens is 476 g/mol. The van der Waals surface area contributed by atoms with E-state index in [0.29, 0.717) is 0 Å². The van der Waals surface area contributed by atoms with Gasteiger partial charge in [0.2, 0.25) is 0 Å². The van der Waals surface area contributed by atoms with E-state index in [1.54, 1.807) is 11.6 Å². The summed E-state index contributed by atoms with van der Waals surface area (Å²) in [4.78, 5) is 14.7. The highest BCUT2D eigenvalue weighted by molar-refractivity contribution is 5.80. The van der Waals surface area contributed by atoms with Crippen LogP contribution in [0.2, 0.25) is 0 Å². The topological polar surface area (TPSA) is 80.5 Å². The Kier molecular flexibility index (Phi) is 7.21. The SMILES string of the molecule is CCC1CN(Cc2cc([C@H](c3ccc4c(nnn4C)c3C)C(C)C(=O)O)ccc2C)Cc2ccccc2O1. The zero-order valence-corrected chi connectivity index (χ0v) is 22.8. The fraction of sp³-hybridized carbons (Fsp3) is 0.387. The second kappa shape index (κ2) is 10.6. The first-order valence-corrected chi connectivity index (χ1v) is 13.3. The lowest BCUT2D eigenvalue weighted by Gasteiger charge is -2.27. The van der Waals surface area contributed by atoms with E-state index in [1.807, 2.05) is 32.2 Å². The van der Waals surface area contributed by atoms with Gasteiger partial charge in [0.05, 0.1) is 11.4 Å². The number of rotatable bonds is 7. The molecule has 0 saturated heterocycles. The standard InChI is InChI=1S/C31H36N4O3/c1-6-25-18-35(16-23-9-7-8-10-28(23)38-25)17-24-15-22(12-11-19(24)2)29(21(4)31(36)37)26-13-14-27-30(20(26)3)32-33-34(27)5/h7-15,21,25,29H,6,16-18H2,1-5H3,(H,36,37)/t21?,25?,29-/m1/s1. The molecule has 0 saturated carbocycles. The molecule has 0 bridgehead atoms. The van der Waals surface area contributed by atoms with Crippen LogP contribution in [0.25, 0.3) is 11.0 Å². The summed E-state index contributed by atoms with van der Waals surface area (Å²) in [5, 5.41) is 18.6. The van der Waals surface area contributed by atoms with Gasteiger partial charge in [-0.25, -0.2) is 4.68 Å². The number of nitrogens with zero attached hydrogens (tertiary/aromatic N) is 4. The molecule has 38 heavy (non-hydrogen) atoms. The van der Waals surface area contributed by atoms with Gasteiger partial charge in [0, 0.05) is 38.2 Å². The van der Waals surface area contributed by atoms with Crippen molar-refractivity contribution in [3.05, 3.63) is 88.0 Å². The van der Waals surface area contributed by atoms with Gasteiger partial charge in [0.15, 0.2) is 0 Å². The first kappa shape index (κ1) is 25.9. The van der Waals surface area contributed by atoms with E-state index >= 15 is 0 Å². The first-order chi connectivity index (χ1) is 18.3. The molecule has 2 unspecified atom stereocenters. The van der Waals surface area contributed by atoms with E-state index < -0.39 is 11.9 Å². The molecule has 1 aliphatic heterocycles. The van der Waals surface area contributed by atoms with E-state index in [9.17, 15) is 9.90 Å². The third kappa shape index (κ3) is 4.90. The van der Waals surface area contributed by atoms with E-state index in [0.717, 1.165) is 59.5 Å².